The molecule has 4 nitrogen and oxygen atoms in total. The van der Waals surface area contributed by atoms with Crippen molar-refractivity contribution in [2.24, 2.45) is 5.92 Å². The highest BCUT2D eigenvalue weighted by molar-refractivity contribution is 6.03. The maximum Gasteiger partial charge on any atom is 0.158 e. The van der Waals surface area contributed by atoms with Crippen molar-refractivity contribution in [2.75, 3.05) is 0 Å². The van der Waals surface area contributed by atoms with Crippen LogP contribution in [0.5, 0.6) is 0 Å². The summed E-state index contributed by atoms with van der Waals surface area (Å²) in [6, 6.07) is 23.1. The van der Waals surface area contributed by atoms with Crippen molar-refractivity contribution in [2.45, 2.75) is 12.8 Å². The molecular weight excluding hydrogens is 404 g/mol. The fourth-order valence-electron chi connectivity index (χ4n) is 4.60. The topological polar surface area (TPSA) is 51.6 Å². The van der Waals surface area contributed by atoms with Gasteiger partial charge in [0.1, 0.15) is 0 Å². The van der Waals surface area contributed by atoms with Gasteiger partial charge in [0.2, 0.25) is 0 Å². The van der Waals surface area contributed by atoms with Crippen LogP contribution in [0.1, 0.15) is 24.2 Å². The van der Waals surface area contributed by atoms with Crippen LogP contribution in [0.15, 0.2) is 104 Å². The maximum absolute atomic E-state index is 4.97. The maximum atomic E-state index is 4.97. The molecule has 0 saturated carbocycles. The first kappa shape index (κ1) is 19.5. The molecule has 3 aromatic heterocycles. The molecule has 33 heavy (non-hydrogen) atoms. The summed E-state index contributed by atoms with van der Waals surface area (Å²) in [5.74, 6) is 1.46. The van der Waals surface area contributed by atoms with Gasteiger partial charge >= 0.3 is 0 Å². The van der Waals surface area contributed by atoms with E-state index in [4.69, 9.17) is 4.98 Å². The minimum Gasteiger partial charge on any atom is -0.254 e. The van der Waals surface area contributed by atoms with Crippen molar-refractivity contribution in [1.29, 1.82) is 0 Å². The number of allylic oxidation sites excluding steroid dienone is 4. The summed E-state index contributed by atoms with van der Waals surface area (Å²) in [6.45, 7) is 2.24. The number of benzene rings is 2. The second-order valence-corrected chi connectivity index (χ2v) is 8.47. The first-order chi connectivity index (χ1) is 16.3. The average Bonchev–Trinajstić information content (AvgIpc) is 2.89. The van der Waals surface area contributed by atoms with Crippen molar-refractivity contribution in [1.82, 2.24) is 19.9 Å². The van der Waals surface area contributed by atoms with Gasteiger partial charge in [-0.1, -0.05) is 73.7 Å². The largest absolute Gasteiger partial charge is 0.254 e. The summed E-state index contributed by atoms with van der Waals surface area (Å²) in [6.07, 6.45) is 12.1. The Balaban J connectivity index is 1.30. The summed E-state index contributed by atoms with van der Waals surface area (Å²) >= 11 is 0. The van der Waals surface area contributed by atoms with E-state index >= 15 is 0 Å². The van der Waals surface area contributed by atoms with E-state index < -0.39 is 0 Å². The summed E-state index contributed by atoms with van der Waals surface area (Å²) in [5.41, 5.74) is 6.33. The van der Waals surface area contributed by atoms with Crippen LogP contribution in [0.2, 0.25) is 0 Å². The van der Waals surface area contributed by atoms with Gasteiger partial charge in [0, 0.05) is 46.4 Å². The Morgan fingerprint density at radius 3 is 2.21 bits per heavy atom. The summed E-state index contributed by atoms with van der Waals surface area (Å²) in [5, 5.41) is 2.21. The molecule has 1 aliphatic rings. The van der Waals surface area contributed by atoms with Crippen LogP contribution >= 0.6 is 0 Å². The minimum atomic E-state index is 0.323. The molecule has 0 amide bonds. The van der Waals surface area contributed by atoms with Crippen molar-refractivity contribution in [3.05, 3.63) is 115 Å². The normalized spacial score (nSPS) is 17.9. The van der Waals surface area contributed by atoms with Gasteiger partial charge in [-0.2, -0.15) is 0 Å². The molecule has 0 fully saturated rings. The molecule has 0 bridgehead atoms. The van der Waals surface area contributed by atoms with Crippen LogP contribution in [0.25, 0.3) is 38.6 Å². The molecule has 2 aromatic carbocycles. The number of nitrogens with zero attached hydrogens (tertiary/aromatic N) is 4. The molecule has 0 aliphatic heterocycles. The molecule has 4 heteroatoms. The van der Waals surface area contributed by atoms with Gasteiger partial charge in [0.25, 0.3) is 0 Å². The highest BCUT2D eigenvalue weighted by Crippen LogP contribution is 2.35. The van der Waals surface area contributed by atoms with Gasteiger partial charge in [0.05, 0.1) is 16.7 Å². The third-order valence-electron chi connectivity index (χ3n) is 6.34. The Bertz CT molecular complexity index is 1520. The molecule has 158 valence electrons. The summed E-state index contributed by atoms with van der Waals surface area (Å²) < 4.78 is 0. The second kappa shape index (κ2) is 8.06. The van der Waals surface area contributed by atoms with E-state index in [1.54, 1.807) is 12.4 Å². The smallest absolute Gasteiger partial charge is 0.158 e. The number of hydrogen-bond acceptors (Lipinski definition) is 4. The average molecular weight is 427 g/mol. The first-order valence-electron chi connectivity index (χ1n) is 11.2. The lowest BCUT2D eigenvalue weighted by Crippen LogP contribution is -2.10. The second-order valence-electron chi connectivity index (χ2n) is 8.47. The molecule has 0 spiro atoms. The molecule has 0 radical (unpaired) electrons. The zero-order chi connectivity index (χ0) is 22.2. The predicted molar refractivity (Wildman–Crippen MR) is 134 cm³/mol. The van der Waals surface area contributed by atoms with E-state index in [9.17, 15) is 0 Å². The first-order valence-corrected chi connectivity index (χ1v) is 11.2. The Morgan fingerprint density at radius 2 is 1.42 bits per heavy atom. The molecule has 3 heterocycles. The van der Waals surface area contributed by atoms with Crippen LogP contribution in [-0.4, -0.2) is 19.9 Å². The molecule has 2 unspecified atom stereocenters. The van der Waals surface area contributed by atoms with Crippen molar-refractivity contribution >= 4 is 27.4 Å². The SMILES string of the molecule is CC1C=C(c2ncccn2)C=CC1c1ccc(-c2ccc3ccc4cccnc4c3n2)cc1. The van der Waals surface area contributed by atoms with Crippen LogP contribution < -0.4 is 0 Å². The van der Waals surface area contributed by atoms with E-state index in [1.165, 1.54) is 5.56 Å². The van der Waals surface area contributed by atoms with Crippen LogP contribution in [0.4, 0.5) is 0 Å². The molecule has 5 aromatic rings. The lowest BCUT2D eigenvalue weighted by molar-refractivity contribution is 0.637. The van der Waals surface area contributed by atoms with Gasteiger partial charge in [-0.3, -0.25) is 4.98 Å². The van der Waals surface area contributed by atoms with Gasteiger partial charge in [0.15, 0.2) is 5.82 Å². The van der Waals surface area contributed by atoms with Crippen LogP contribution in [-0.2, 0) is 0 Å². The van der Waals surface area contributed by atoms with Crippen molar-refractivity contribution < 1.29 is 0 Å². The van der Waals surface area contributed by atoms with Crippen molar-refractivity contribution in [3.63, 3.8) is 0 Å². The van der Waals surface area contributed by atoms with Crippen molar-refractivity contribution in [3.8, 4) is 11.3 Å². The number of hydrogen-bond donors (Lipinski definition) is 0. The molecule has 0 N–H and O–H groups in total. The third-order valence-corrected chi connectivity index (χ3v) is 6.34. The zero-order valence-electron chi connectivity index (χ0n) is 18.3. The lowest BCUT2D eigenvalue weighted by Gasteiger charge is -2.23. The number of fused-ring (bicyclic) bond motifs is 3. The van der Waals surface area contributed by atoms with E-state index in [0.717, 1.165) is 44.5 Å². The van der Waals surface area contributed by atoms with Gasteiger partial charge in [-0.15, -0.1) is 0 Å². The molecule has 1 aliphatic carbocycles. The Hall–Kier alpha value is -4.18. The van der Waals surface area contributed by atoms with Gasteiger partial charge in [-0.25, -0.2) is 15.0 Å². The standard InChI is InChI=1S/C29H22N4/c1-19-18-24(29-31-16-3-17-32-29)11-13-25(19)20-5-7-21(8-6-20)26-14-12-23-10-9-22-4-2-15-30-27(22)28(23)33-26/h2-19,25H,1H3. The molecule has 6 rings (SSSR count). The Kier molecular flexibility index (Phi) is 4.76. The van der Waals surface area contributed by atoms with E-state index in [1.807, 2.05) is 18.3 Å². The Labute approximate surface area is 192 Å². The molecule has 2 atom stereocenters. The number of rotatable bonds is 3. The van der Waals surface area contributed by atoms with E-state index in [0.29, 0.717) is 11.8 Å². The summed E-state index contributed by atoms with van der Waals surface area (Å²) in [7, 11) is 0. The van der Waals surface area contributed by atoms with E-state index in [-0.39, 0.29) is 0 Å². The fourth-order valence-corrected chi connectivity index (χ4v) is 4.60. The zero-order valence-corrected chi connectivity index (χ0v) is 18.3. The lowest BCUT2D eigenvalue weighted by atomic mass is 9.82. The highest BCUT2D eigenvalue weighted by atomic mass is 14.9. The number of pyridine rings is 2. The number of aromatic nitrogens is 4. The van der Waals surface area contributed by atoms with Gasteiger partial charge < -0.3 is 0 Å². The quantitative estimate of drug-likeness (QED) is 0.305. The summed E-state index contributed by atoms with van der Waals surface area (Å²) in [4.78, 5) is 18.3. The van der Waals surface area contributed by atoms with Crippen LogP contribution in [0.3, 0.4) is 0 Å². The predicted octanol–water partition coefficient (Wildman–Crippen LogP) is 6.61. The molecular formula is C29H22N4. The van der Waals surface area contributed by atoms with E-state index in [2.05, 4.69) is 94.7 Å². The van der Waals surface area contributed by atoms with Gasteiger partial charge in [-0.05, 0) is 29.7 Å². The van der Waals surface area contributed by atoms with Crippen LogP contribution in [0, 0.1) is 5.92 Å². The third kappa shape index (κ3) is 3.60. The monoisotopic (exact) mass is 426 g/mol. The molecule has 0 saturated heterocycles. The minimum absolute atomic E-state index is 0.323. The Morgan fingerprint density at radius 1 is 0.697 bits per heavy atom. The fraction of sp³-hybridized carbons (Fsp3) is 0.103. The highest BCUT2D eigenvalue weighted by Gasteiger charge is 2.20.